The number of methoxy groups -OCH3 is 1. The SMILES string of the molecule is COCCC(C)(N)c1ccc(Cl)cc1F. The van der Waals surface area contributed by atoms with E-state index in [1.54, 1.807) is 26.2 Å². The minimum atomic E-state index is -0.731. The van der Waals surface area contributed by atoms with Crippen molar-refractivity contribution < 1.29 is 9.13 Å². The van der Waals surface area contributed by atoms with E-state index in [1.807, 2.05) is 0 Å². The van der Waals surface area contributed by atoms with Gasteiger partial charge in [0.1, 0.15) is 5.82 Å². The van der Waals surface area contributed by atoms with Crippen molar-refractivity contribution in [2.24, 2.45) is 5.73 Å². The summed E-state index contributed by atoms with van der Waals surface area (Å²) in [6, 6.07) is 4.53. The summed E-state index contributed by atoms with van der Waals surface area (Å²) < 4.78 is 18.5. The summed E-state index contributed by atoms with van der Waals surface area (Å²) in [7, 11) is 1.59. The molecule has 1 rings (SSSR count). The second-order valence-corrected chi connectivity index (χ2v) is 4.22. The third-order valence-electron chi connectivity index (χ3n) is 2.37. The fourth-order valence-electron chi connectivity index (χ4n) is 1.40. The maximum absolute atomic E-state index is 13.6. The molecule has 2 N–H and O–H groups in total. The smallest absolute Gasteiger partial charge is 0.129 e. The zero-order chi connectivity index (χ0) is 11.5. The first-order valence-corrected chi connectivity index (χ1v) is 5.08. The minimum absolute atomic E-state index is 0.372. The first-order chi connectivity index (χ1) is 6.97. The molecule has 1 aromatic rings. The Morgan fingerprint density at radius 2 is 2.20 bits per heavy atom. The summed E-state index contributed by atoms with van der Waals surface area (Å²) in [6.45, 7) is 2.27. The molecule has 1 aromatic carbocycles. The van der Waals surface area contributed by atoms with E-state index in [-0.39, 0.29) is 5.82 Å². The van der Waals surface area contributed by atoms with Crippen molar-refractivity contribution in [3.63, 3.8) is 0 Å². The second-order valence-electron chi connectivity index (χ2n) is 3.78. The number of nitrogens with two attached hydrogens (primary N) is 1. The largest absolute Gasteiger partial charge is 0.385 e. The van der Waals surface area contributed by atoms with Crippen LogP contribution in [0.1, 0.15) is 18.9 Å². The maximum atomic E-state index is 13.6. The predicted octanol–water partition coefficient (Wildman–Crippen LogP) is 2.69. The van der Waals surface area contributed by atoms with Crippen molar-refractivity contribution in [3.8, 4) is 0 Å². The molecule has 1 unspecified atom stereocenters. The van der Waals surface area contributed by atoms with Crippen LogP contribution in [0.25, 0.3) is 0 Å². The van der Waals surface area contributed by atoms with Gasteiger partial charge < -0.3 is 10.5 Å². The number of benzene rings is 1. The third kappa shape index (κ3) is 3.16. The quantitative estimate of drug-likeness (QED) is 0.865. The zero-order valence-electron chi connectivity index (χ0n) is 8.89. The predicted molar refractivity (Wildman–Crippen MR) is 59.4 cm³/mol. The Morgan fingerprint density at radius 3 is 2.73 bits per heavy atom. The molecule has 0 aliphatic carbocycles. The topological polar surface area (TPSA) is 35.2 Å². The van der Waals surface area contributed by atoms with E-state index in [0.29, 0.717) is 23.6 Å². The van der Waals surface area contributed by atoms with Crippen molar-refractivity contribution in [3.05, 3.63) is 34.6 Å². The summed E-state index contributed by atoms with van der Waals surface area (Å²) in [5.74, 6) is -0.372. The molecule has 0 heterocycles. The molecule has 2 nitrogen and oxygen atoms in total. The maximum Gasteiger partial charge on any atom is 0.129 e. The summed E-state index contributed by atoms with van der Waals surface area (Å²) in [5.41, 5.74) is 5.74. The van der Waals surface area contributed by atoms with Gasteiger partial charge in [0.25, 0.3) is 0 Å². The van der Waals surface area contributed by atoms with Crippen LogP contribution in [0.15, 0.2) is 18.2 Å². The molecule has 15 heavy (non-hydrogen) atoms. The lowest BCUT2D eigenvalue weighted by Crippen LogP contribution is -2.35. The van der Waals surface area contributed by atoms with Gasteiger partial charge in [-0.3, -0.25) is 0 Å². The number of ether oxygens (including phenoxy) is 1. The van der Waals surface area contributed by atoms with Crippen LogP contribution in [0.5, 0.6) is 0 Å². The summed E-state index contributed by atoms with van der Waals surface area (Å²) in [5, 5.41) is 0.374. The Labute approximate surface area is 94.2 Å². The lowest BCUT2D eigenvalue weighted by Gasteiger charge is -2.25. The Balaban J connectivity index is 2.93. The van der Waals surface area contributed by atoms with Crippen LogP contribution in [-0.4, -0.2) is 13.7 Å². The molecule has 0 aliphatic heterocycles. The first kappa shape index (κ1) is 12.4. The first-order valence-electron chi connectivity index (χ1n) is 4.71. The van der Waals surface area contributed by atoms with Gasteiger partial charge >= 0.3 is 0 Å². The zero-order valence-corrected chi connectivity index (χ0v) is 9.64. The molecule has 0 amide bonds. The van der Waals surface area contributed by atoms with E-state index in [2.05, 4.69) is 0 Å². The molecule has 0 aliphatic rings. The molecule has 0 saturated carbocycles. The van der Waals surface area contributed by atoms with E-state index in [1.165, 1.54) is 6.07 Å². The molecule has 0 radical (unpaired) electrons. The third-order valence-corrected chi connectivity index (χ3v) is 2.61. The molecule has 84 valence electrons. The lowest BCUT2D eigenvalue weighted by molar-refractivity contribution is 0.171. The summed E-state index contributed by atoms with van der Waals surface area (Å²) in [6.07, 6.45) is 0.558. The highest BCUT2D eigenvalue weighted by Crippen LogP contribution is 2.26. The molecule has 0 aromatic heterocycles. The molecule has 0 fully saturated rings. The number of rotatable bonds is 4. The van der Waals surface area contributed by atoms with Crippen LogP contribution in [0, 0.1) is 5.82 Å². The Morgan fingerprint density at radius 1 is 1.53 bits per heavy atom. The average Bonchev–Trinajstić information content (AvgIpc) is 2.14. The standard InChI is InChI=1S/C11H15ClFNO/c1-11(14,5-6-15-2)9-4-3-8(12)7-10(9)13/h3-4,7H,5-6,14H2,1-2H3. The highest BCUT2D eigenvalue weighted by atomic mass is 35.5. The van der Waals surface area contributed by atoms with E-state index in [9.17, 15) is 4.39 Å². The molecule has 0 bridgehead atoms. The Bertz CT molecular complexity index is 341. The minimum Gasteiger partial charge on any atom is -0.385 e. The Hall–Kier alpha value is -0.640. The lowest BCUT2D eigenvalue weighted by atomic mass is 9.90. The van der Waals surface area contributed by atoms with Gasteiger partial charge in [-0.15, -0.1) is 0 Å². The molecule has 0 saturated heterocycles. The van der Waals surface area contributed by atoms with Crippen molar-refractivity contribution in [1.82, 2.24) is 0 Å². The normalized spacial score (nSPS) is 15.0. The summed E-state index contributed by atoms with van der Waals surface area (Å²) in [4.78, 5) is 0. The molecule has 1 atom stereocenters. The van der Waals surface area contributed by atoms with Crippen LogP contribution in [-0.2, 0) is 10.3 Å². The fourth-order valence-corrected chi connectivity index (χ4v) is 1.56. The number of hydrogen-bond donors (Lipinski definition) is 1. The molecular weight excluding hydrogens is 217 g/mol. The van der Waals surface area contributed by atoms with E-state index in [4.69, 9.17) is 22.1 Å². The van der Waals surface area contributed by atoms with Crippen molar-refractivity contribution >= 4 is 11.6 Å². The van der Waals surface area contributed by atoms with Crippen LogP contribution in [0.3, 0.4) is 0 Å². The van der Waals surface area contributed by atoms with Crippen molar-refractivity contribution in [2.45, 2.75) is 18.9 Å². The highest BCUT2D eigenvalue weighted by Gasteiger charge is 2.24. The van der Waals surface area contributed by atoms with E-state index < -0.39 is 5.54 Å². The van der Waals surface area contributed by atoms with Crippen molar-refractivity contribution in [2.75, 3.05) is 13.7 Å². The van der Waals surface area contributed by atoms with Gasteiger partial charge in [0.05, 0.1) is 0 Å². The number of halogens is 2. The van der Waals surface area contributed by atoms with Crippen LogP contribution in [0.4, 0.5) is 4.39 Å². The Kier molecular flexibility index (Phi) is 4.08. The molecular formula is C11H15ClFNO. The van der Waals surface area contributed by atoms with Gasteiger partial charge in [-0.25, -0.2) is 4.39 Å². The van der Waals surface area contributed by atoms with E-state index in [0.717, 1.165) is 0 Å². The summed E-state index contributed by atoms with van der Waals surface area (Å²) >= 11 is 5.67. The van der Waals surface area contributed by atoms with Gasteiger partial charge in [-0.1, -0.05) is 17.7 Å². The van der Waals surface area contributed by atoms with Crippen LogP contribution in [0.2, 0.25) is 5.02 Å². The van der Waals surface area contributed by atoms with Crippen molar-refractivity contribution in [1.29, 1.82) is 0 Å². The fraction of sp³-hybridized carbons (Fsp3) is 0.455. The van der Waals surface area contributed by atoms with Gasteiger partial charge in [-0.2, -0.15) is 0 Å². The van der Waals surface area contributed by atoms with Gasteiger partial charge in [0, 0.05) is 29.8 Å². The molecule has 0 spiro atoms. The van der Waals surface area contributed by atoms with Crippen LogP contribution >= 0.6 is 11.6 Å². The van der Waals surface area contributed by atoms with Gasteiger partial charge in [-0.05, 0) is 25.5 Å². The van der Waals surface area contributed by atoms with E-state index >= 15 is 0 Å². The highest BCUT2D eigenvalue weighted by molar-refractivity contribution is 6.30. The van der Waals surface area contributed by atoms with Gasteiger partial charge in [0.15, 0.2) is 0 Å². The van der Waals surface area contributed by atoms with Crippen LogP contribution < -0.4 is 5.73 Å². The average molecular weight is 232 g/mol. The molecule has 4 heteroatoms. The van der Waals surface area contributed by atoms with Gasteiger partial charge in [0.2, 0.25) is 0 Å². The number of hydrogen-bond acceptors (Lipinski definition) is 2. The monoisotopic (exact) mass is 231 g/mol. The second kappa shape index (κ2) is 4.92.